The Morgan fingerprint density at radius 2 is 1.91 bits per heavy atom. The zero-order valence-electron chi connectivity index (χ0n) is 17.6. The van der Waals surface area contributed by atoms with Crippen LogP contribution >= 0.6 is 9.47 Å². The van der Waals surface area contributed by atoms with Gasteiger partial charge in [0.05, 0.1) is 17.7 Å². The molecule has 2 N–H and O–H groups in total. The third-order valence-electron chi connectivity index (χ3n) is 5.30. The number of unbranched alkanes of at least 4 members (excludes halogenated alkanes) is 3. The van der Waals surface area contributed by atoms with Gasteiger partial charge in [-0.3, -0.25) is 34.2 Å². The molecule has 2 aliphatic rings. The van der Waals surface area contributed by atoms with Crippen molar-refractivity contribution in [2.45, 2.75) is 44.6 Å². The average Bonchev–Trinajstić information content (AvgIpc) is 3.01. The number of fused-ring (bicyclic) bond motifs is 1. The highest BCUT2D eigenvalue weighted by atomic mass is 31.0. The molecule has 172 valence electrons. The van der Waals surface area contributed by atoms with Crippen molar-refractivity contribution in [3.8, 4) is 5.75 Å². The molecule has 2 atom stereocenters. The highest BCUT2D eigenvalue weighted by molar-refractivity contribution is 7.09. The first-order valence-corrected chi connectivity index (χ1v) is 11.0. The average molecular weight is 463 g/mol. The standard InChI is InChI=1S/C21H26N3O7P/c25-16-9-8-14(19(27)23-16)24-20(28)13-6-5-7-15(18(13)21(24)29)30-11-4-2-1-3-10-22-17(26)12-31-32/h5-7,14H,1-4,8-12,32H2,(H,22,26)(H,23,25,27). The first kappa shape index (κ1) is 23.8. The summed E-state index contributed by atoms with van der Waals surface area (Å²) in [6.45, 7) is 0.957. The summed E-state index contributed by atoms with van der Waals surface area (Å²) in [7, 11) is 2.03. The van der Waals surface area contributed by atoms with Crippen LogP contribution in [0, 0.1) is 0 Å². The molecule has 11 heteroatoms. The number of nitrogens with one attached hydrogen (secondary N) is 2. The maximum atomic E-state index is 13.0. The van der Waals surface area contributed by atoms with E-state index in [-0.39, 0.29) is 36.5 Å². The molecule has 0 saturated carbocycles. The van der Waals surface area contributed by atoms with Crippen molar-refractivity contribution < 1.29 is 33.2 Å². The Morgan fingerprint density at radius 3 is 2.66 bits per heavy atom. The Labute approximate surface area is 187 Å². The fourth-order valence-corrected chi connectivity index (χ4v) is 3.87. The molecule has 0 radical (unpaired) electrons. The molecule has 1 saturated heterocycles. The van der Waals surface area contributed by atoms with Gasteiger partial charge >= 0.3 is 0 Å². The molecule has 1 fully saturated rings. The molecule has 0 aliphatic carbocycles. The summed E-state index contributed by atoms with van der Waals surface area (Å²) in [6, 6.07) is 3.79. The van der Waals surface area contributed by atoms with Crippen molar-refractivity contribution >= 4 is 39.0 Å². The van der Waals surface area contributed by atoms with Crippen LogP contribution in [-0.4, -0.2) is 60.2 Å². The predicted molar refractivity (Wildman–Crippen MR) is 116 cm³/mol. The Hall–Kier alpha value is -2.84. The molecule has 2 aliphatic heterocycles. The van der Waals surface area contributed by atoms with Gasteiger partial charge in [0.25, 0.3) is 11.8 Å². The molecule has 5 amide bonds. The number of hydrogen-bond donors (Lipinski definition) is 2. The maximum Gasteiger partial charge on any atom is 0.266 e. The number of imide groups is 2. The Morgan fingerprint density at radius 1 is 1.12 bits per heavy atom. The van der Waals surface area contributed by atoms with Crippen molar-refractivity contribution in [1.82, 2.24) is 15.5 Å². The minimum Gasteiger partial charge on any atom is -0.493 e. The lowest BCUT2D eigenvalue weighted by Gasteiger charge is -2.27. The van der Waals surface area contributed by atoms with Crippen LogP contribution in [0.5, 0.6) is 5.75 Å². The normalized spacial score (nSPS) is 17.9. The zero-order valence-corrected chi connectivity index (χ0v) is 18.7. The first-order valence-electron chi connectivity index (χ1n) is 10.5. The summed E-state index contributed by atoms with van der Waals surface area (Å²) < 4.78 is 10.4. The Bertz CT molecular complexity index is 921. The zero-order chi connectivity index (χ0) is 23.1. The topological polar surface area (TPSA) is 131 Å². The second-order valence-electron chi connectivity index (χ2n) is 7.55. The molecule has 1 aromatic carbocycles. The van der Waals surface area contributed by atoms with Crippen LogP contribution in [0.15, 0.2) is 18.2 Å². The molecule has 0 bridgehead atoms. The van der Waals surface area contributed by atoms with E-state index in [1.165, 1.54) is 6.07 Å². The minimum absolute atomic E-state index is 0.0160. The molecule has 0 spiro atoms. The van der Waals surface area contributed by atoms with E-state index in [0.29, 0.717) is 18.9 Å². The fourth-order valence-electron chi connectivity index (χ4n) is 3.72. The van der Waals surface area contributed by atoms with Gasteiger partial charge in [-0.15, -0.1) is 0 Å². The van der Waals surface area contributed by atoms with E-state index in [0.717, 1.165) is 30.6 Å². The van der Waals surface area contributed by atoms with Crippen LogP contribution in [0.4, 0.5) is 0 Å². The van der Waals surface area contributed by atoms with Crippen LogP contribution < -0.4 is 15.4 Å². The summed E-state index contributed by atoms with van der Waals surface area (Å²) in [6.07, 6.45) is 3.53. The summed E-state index contributed by atoms with van der Waals surface area (Å²) in [4.78, 5) is 61.5. The number of carbonyl (C=O) groups excluding carboxylic acids is 5. The smallest absolute Gasteiger partial charge is 0.266 e. The van der Waals surface area contributed by atoms with Crippen molar-refractivity contribution in [3.63, 3.8) is 0 Å². The van der Waals surface area contributed by atoms with Gasteiger partial charge < -0.3 is 14.6 Å². The molecular formula is C21H26N3O7P. The maximum absolute atomic E-state index is 13.0. The van der Waals surface area contributed by atoms with Crippen molar-refractivity contribution in [3.05, 3.63) is 29.3 Å². The van der Waals surface area contributed by atoms with E-state index in [4.69, 9.17) is 4.74 Å². The third-order valence-corrected chi connectivity index (χ3v) is 5.46. The monoisotopic (exact) mass is 463 g/mol. The molecule has 10 nitrogen and oxygen atoms in total. The largest absolute Gasteiger partial charge is 0.493 e. The number of ether oxygens (including phenoxy) is 1. The highest BCUT2D eigenvalue weighted by Crippen LogP contribution is 2.33. The summed E-state index contributed by atoms with van der Waals surface area (Å²) in [5.41, 5.74) is 0.351. The third kappa shape index (κ3) is 5.49. The van der Waals surface area contributed by atoms with Crippen LogP contribution in [-0.2, 0) is 18.9 Å². The highest BCUT2D eigenvalue weighted by Gasteiger charge is 2.45. The first-order chi connectivity index (χ1) is 15.4. The molecule has 0 aromatic heterocycles. The predicted octanol–water partition coefficient (Wildman–Crippen LogP) is 0.950. The van der Waals surface area contributed by atoms with Gasteiger partial charge in [-0.05, 0) is 31.4 Å². The number of hydrogen-bond acceptors (Lipinski definition) is 7. The van der Waals surface area contributed by atoms with E-state index in [9.17, 15) is 24.0 Å². The van der Waals surface area contributed by atoms with Crippen molar-refractivity contribution in [2.75, 3.05) is 19.8 Å². The van der Waals surface area contributed by atoms with Gasteiger partial charge in [0.15, 0.2) is 0 Å². The van der Waals surface area contributed by atoms with Crippen LogP contribution in [0.25, 0.3) is 0 Å². The number of carbonyl (C=O) groups is 5. The minimum atomic E-state index is -1.00. The number of amides is 5. The van der Waals surface area contributed by atoms with E-state index < -0.39 is 29.7 Å². The van der Waals surface area contributed by atoms with E-state index >= 15 is 0 Å². The second kappa shape index (κ2) is 11.2. The Balaban J connectivity index is 1.50. The Kier molecular flexibility index (Phi) is 8.30. The number of benzene rings is 1. The molecule has 2 heterocycles. The van der Waals surface area contributed by atoms with Crippen molar-refractivity contribution in [1.29, 1.82) is 0 Å². The summed E-state index contributed by atoms with van der Waals surface area (Å²) in [5.74, 6) is -2.05. The van der Waals surface area contributed by atoms with E-state index in [1.807, 2.05) is 9.47 Å². The van der Waals surface area contributed by atoms with E-state index in [2.05, 4.69) is 15.2 Å². The number of piperidine rings is 1. The summed E-state index contributed by atoms with van der Waals surface area (Å²) >= 11 is 0. The molecule has 32 heavy (non-hydrogen) atoms. The van der Waals surface area contributed by atoms with E-state index in [1.54, 1.807) is 12.1 Å². The van der Waals surface area contributed by atoms with Crippen LogP contribution in [0.3, 0.4) is 0 Å². The quantitative estimate of drug-likeness (QED) is 0.284. The van der Waals surface area contributed by atoms with Gasteiger partial charge in [0.2, 0.25) is 17.7 Å². The van der Waals surface area contributed by atoms with Gasteiger partial charge in [-0.2, -0.15) is 0 Å². The van der Waals surface area contributed by atoms with Gasteiger partial charge in [0.1, 0.15) is 18.4 Å². The molecular weight excluding hydrogens is 437 g/mol. The second-order valence-corrected chi connectivity index (χ2v) is 7.88. The van der Waals surface area contributed by atoms with Gasteiger partial charge in [0, 0.05) is 22.4 Å². The lowest BCUT2D eigenvalue weighted by atomic mass is 10.0. The fraction of sp³-hybridized carbons (Fsp3) is 0.476. The van der Waals surface area contributed by atoms with Gasteiger partial charge in [-0.1, -0.05) is 18.9 Å². The van der Waals surface area contributed by atoms with Crippen molar-refractivity contribution in [2.24, 2.45) is 0 Å². The molecule has 2 unspecified atom stereocenters. The number of rotatable bonds is 11. The molecule has 1 aromatic rings. The SMILES string of the molecule is O=C(COP)NCCCCCCOc1cccc2c1C(=O)N(C1CCC(=O)NC1=O)C2=O. The lowest BCUT2D eigenvalue weighted by molar-refractivity contribution is -0.136. The number of nitrogens with zero attached hydrogens (tertiary/aromatic N) is 1. The summed E-state index contributed by atoms with van der Waals surface area (Å²) in [5, 5.41) is 4.92. The van der Waals surface area contributed by atoms with Crippen LogP contribution in [0.2, 0.25) is 0 Å². The molecule has 3 rings (SSSR count). The lowest BCUT2D eigenvalue weighted by Crippen LogP contribution is -2.54. The van der Waals surface area contributed by atoms with Crippen LogP contribution in [0.1, 0.15) is 59.2 Å². The van der Waals surface area contributed by atoms with Gasteiger partial charge in [-0.25, -0.2) is 0 Å².